The third-order valence-electron chi connectivity index (χ3n) is 5.45. The van der Waals surface area contributed by atoms with Gasteiger partial charge in [0, 0.05) is 27.1 Å². The quantitative estimate of drug-likeness (QED) is 0.218. The van der Waals surface area contributed by atoms with Crippen LogP contribution in [-0.4, -0.2) is 31.9 Å². The number of fused-ring (bicyclic) bond motifs is 5. The smallest absolute Gasteiger partial charge is 0.198 e. The summed E-state index contributed by atoms with van der Waals surface area (Å²) < 4.78 is 8.16. The predicted molar refractivity (Wildman–Crippen MR) is 131 cm³/mol. The Morgan fingerprint density at radius 3 is 2.84 bits per heavy atom. The summed E-state index contributed by atoms with van der Waals surface area (Å²) in [5.74, 6) is 1.14. The van der Waals surface area contributed by atoms with Crippen molar-refractivity contribution in [3.63, 3.8) is 0 Å². The molecular weight excluding hydrogens is 491 g/mol. The van der Waals surface area contributed by atoms with Crippen molar-refractivity contribution in [1.82, 2.24) is 19.6 Å². The number of hydrogen-bond acceptors (Lipinski definition) is 7. The van der Waals surface area contributed by atoms with Gasteiger partial charge < -0.3 is 4.74 Å². The summed E-state index contributed by atoms with van der Waals surface area (Å²) >= 11 is 17.3. The van der Waals surface area contributed by atoms with Crippen molar-refractivity contribution < 1.29 is 4.74 Å². The molecule has 1 atom stereocenters. The Hall–Kier alpha value is -1.03. The highest BCUT2D eigenvalue weighted by Gasteiger charge is 2.29. The molecule has 31 heavy (non-hydrogen) atoms. The molecule has 0 aliphatic carbocycles. The van der Waals surface area contributed by atoms with Crippen molar-refractivity contribution in [1.29, 1.82) is 0 Å². The second-order valence-corrected chi connectivity index (χ2v) is 11.4. The summed E-state index contributed by atoms with van der Waals surface area (Å²) in [7, 11) is 0. The first-order valence-electron chi connectivity index (χ1n) is 9.88. The first-order chi connectivity index (χ1) is 15.0. The van der Waals surface area contributed by atoms with E-state index in [0.717, 1.165) is 38.2 Å². The molecule has 1 aromatic carbocycles. The molecule has 0 unspecified atom stereocenters. The Morgan fingerprint density at radius 2 is 2.10 bits per heavy atom. The summed E-state index contributed by atoms with van der Waals surface area (Å²) in [6.45, 7) is 5.06. The second-order valence-electron chi connectivity index (χ2n) is 7.75. The van der Waals surface area contributed by atoms with E-state index in [9.17, 15) is 0 Å². The van der Waals surface area contributed by atoms with Crippen LogP contribution in [0.1, 0.15) is 29.9 Å². The summed E-state index contributed by atoms with van der Waals surface area (Å²) in [6.07, 6.45) is 3.14. The third kappa shape index (κ3) is 3.96. The lowest BCUT2D eigenvalue weighted by Crippen LogP contribution is -2.26. The lowest BCUT2D eigenvalue weighted by Gasteiger charge is -2.26. The molecular formula is C21H20Cl2N4OS3. The first kappa shape index (κ1) is 21.8. The van der Waals surface area contributed by atoms with E-state index in [2.05, 4.69) is 28.4 Å². The van der Waals surface area contributed by atoms with E-state index in [1.54, 1.807) is 40.9 Å². The van der Waals surface area contributed by atoms with Crippen molar-refractivity contribution >= 4 is 73.9 Å². The molecule has 1 aliphatic rings. The number of rotatable bonds is 5. The fourth-order valence-electron chi connectivity index (χ4n) is 3.76. The van der Waals surface area contributed by atoms with Crippen LogP contribution < -0.4 is 0 Å². The topological polar surface area (TPSA) is 52.3 Å². The van der Waals surface area contributed by atoms with E-state index in [1.807, 2.05) is 18.4 Å². The average Bonchev–Trinajstić information content (AvgIpc) is 3.32. The van der Waals surface area contributed by atoms with Crippen LogP contribution in [-0.2, 0) is 23.5 Å². The van der Waals surface area contributed by atoms with Crippen molar-refractivity contribution in [3.05, 3.63) is 44.2 Å². The Kier molecular flexibility index (Phi) is 6.13. The number of nitrogens with zero attached hydrogens (tertiary/aromatic N) is 4. The highest BCUT2D eigenvalue weighted by molar-refractivity contribution is 7.99. The molecule has 0 spiro atoms. The second kappa shape index (κ2) is 8.72. The normalized spacial score (nSPS) is 16.5. The van der Waals surface area contributed by atoms with Gasteiger partial charge in [-0.25, -0.2) is 9.38 Å². The van der Waals surface area contributed by atoms with Crippen molar-refractivity contribution in [2.24, 2.45) is 5.92 Å². The van der Waals surface area contributed by atoms with Crippen LogP contribution in [0.25, 0.3) is 15.9 Å². The highest BCUT2D eigenvalue weighted by atomic mass is 35.5. The molecule has 4 heterocycles. The van der Waals surface area contributed by atoms with Gasteiger partial charge in [0.15, 0.2) is 16.0 Å². The van der Waals surface area contributed by atoms with Crippen LogP contribution in [0.15, 0.2) is 28.5 Å². The molecule has 0 fully saturated rings. The summed E-state index contributed by atoms with van der Waals surface area (Å²) in [5, 5.41) is 13.2. The monoisotopic (exact) mass is 510 g/mol. The van der Waals surface area contributed by atoms with E-state index in [4.69, 9.17) is 32.9 Å². The Labute approximate surface area is 202 Å². The number of aromatic nitrogens is 4. The molecule has 0 bridgehead atoms. The molecule has 0 amide bonds. The zero-order chi connectivity index (χ0) is 21.7. The number of thioether (sulfide) groups is 2. The van der Waals surface area contributed by atoms with Crippen molar-refractivity contribution in [2.75, 3.05) is 6.26 Å². The van der Waals surface area contributed by atoms with Gasteiger partial charge >= 0.3 is 0 Å². The molecule has 0 saturated carbocycles. The van der Waals surface area contributed by atoms with Gasteiger partial charge in [0.05, 0.1) is 18.1 Å². The minimum Gasteiger partial charge on any atom is -0.372 e. The maximum Gasteiger partial charge on any atom is 0.198 e. The number of halogens is 2. The third-order valence-corrected chi connectivity index (χ3v) is 8.75. The van der Waals surface area contributed by atoms with Gasteiger partial charge in [-0.3, -0.25) is 0 Å². The van der Waals surface area contributed by atoms with Crippen molar-refractivity contribution in [2.45, 2.75) is 49.0 Å². The zero-order valence-corrected chi connectivity index (χ0v) is 21.1. The Bertz CT molecular complexity index is 1290. The zero-order valence-electron chi connectivity index (χ0n) is 17.2. The van der Waals surface area contributed by atoms with Crippen LogP contribution in [0.3, 0.4) is 0 Å². The van der Waals surface area contributed by atoms with Crippen LogP contribution >= 0.6 is 58.1 Å². The molecule has 162 valence electrons. The molecule has 4 aromatic rings. The maximum atomic E-state index is 6.36. The van der Waals surface area contributed by atoms with Gasteiger partial charge in [-0.1, -0.05) is 66.6 Å². The predicted octanol–water partition coefficient (Wildman–Crippen LogP) is 6.76. The minimum absolute atomic E-state index is 0.217. The minimum atomic E-state index is 0.217. The van der Waals surface area contributed by atoms with Gasteiger partial charge in [-0.05, 0) is 35.4 Å². The van der Waals surface area contributed by atoms with Gasteiger partial charge in [0.2, 0.25) is 0 Å². The molecule has 5 nitrogen and oxygen atoms in total. The SMILES string of the molecule is CSc1nc2sc3c(c2c2nnc(SCc4ccc(Cl)cc4Cl)n12)C[C@@H](C(C)C)OC3. The number of ether oxygens (including phenoxy) is 1. The van der Waals surface area contributed by atoms with Crippen molar-refractivity contribution in [3.8, 4) is 0 Å². The number of thiophene rings is 1. The van der Waals surface area contributed by atoms with Crippen LogP contribution in [0, 0.1) is 5.92 Å². The summed E-state index contributed by atoms with van der Waals surface area (Å²) in [6, 6.07) is 5.58. The lowest BCUT2D eigenvalue weighted by atomic mass is 9.96. The van der Waals surface area contributed by atoms with Crippen LogP contribution in [0.2, 0.25) is 10.0 Å². The molecule has 5 rings (SSSR count). The molecule has 0 saturated heterocycles. The summed E-state index contributed by atoms with van der Waals surface area (Å²) in [4.78, 5) is 7.23. The molecule has 10 heteroatoms. The largest absolute Gasteiger partial charge is 0.372 e. The average molecular weight is 512 g/mol. The number of hydrogen-bond donors (Lipinski definition) is 0. The van der Waals surface area contributed by atoms with Gasteiger partial charge in [0.25, 0.3) is 0 Å². The fourth-order valence-corrected chi connectivity index (χ4v) is 7.03. The van der Waals surface area contributed by atoms with Gasteiger partial charge in [-0.15, -0.1) is 21.5 Å². The van der Waals surface area contributed by atoms with Crippen LogP contribution in [0.4, 0.5) is 0 Å². The molecule has 0 N–H and O–H groups in total. The van der Waals surface area contributed by atoms with Gasteiger partial charge in [0.1, 0.15) is 4.83 Å². The van der Waals surface area contributed by atoms with E-state index >= 15 is 0 Å². The fraction of sp³-hybridized carbons (Fsp3) is 0.381. The first-order valence-corrected chi connectivity index (χ1v) is 13.7. The summed E-state index contributed by atoms with van der Waals surface area (Å²) in [5.41, 5.74) is 3.21. The standard InChI is InChI=1S/C21H20Cl2N4OS3/c1-10(2)15-7-13-16(8-28-15)31-19-17(13)18-25-26-21(27(18)20(24-19)29-3)30-9-11-4-5-12(22)6-14(11)23/h4-6,10,15H,7-9H2,1-3H3/t15-/m0/s1. The lowest BCUT2D eigenvalue weighted by molar-refractivity contribution is 0.00203. The molecule has 1 aliphatic heterocycles. The number of benzene rings is 1. The highest BCUT2D eigenvalue weighted by Crippen LogP contribution is 2.40. The molecule has 3 aromatic heterocycles. The van der Waals surface area contributed by atoms with E-state index in [0.29, 0.717) is 28.3 Å². The van der Waals surface area contributed by atoms with Gasteiger partial charge in [-0.2, -0.15) is 0 Å². The Morgan fingerprint density at radius 1 is 1.26 bits per heavy atom. The molecule has 0 radical (unpaired) electrons. The van der Waals surface area contributed by atoms with E-state index in [-0.39, 0.29) is 6.10 Å². The van der Waals surface area contributed by atoms with E-state index < -0.39 is 0 Å². The maximum absolute atomic E-state index is 6.36. The Balaban J connectivity index is 1.58. The van der Waals surface area contributed by atoms with Crippen LogP contribution in [0.5, 0.6) is 0 Å². The van der Waals surface area contributed by atoms with E-state index in [1.165, 1.54) is 10.4 Å².